The lowest BCUT2D eigenvalue weighted by atomic mass is 9.82. The Balaban J connectivity index is 1.09. The van der Waals surface area contributed by atoms with Crippen molar-refractivity contribution in [1.82, 2.24) is 0 Å². The normalized spacial score (nSPS) is 12.9. The number of rotatable bonds is 6. The summed E-state index contributed by atoms with van der Waals surface area (Å²) >= 11 is 0. The molecule has 10 aromatic carbocycles. The van der Waals surface area contributed by atoms with Crippen LogP contribution in [0.1, 0.15) is 25.0 Å². The summed E-state index contributed by atoms with van der Waals surface area (Å²) in [6.45, 7) is 4.71. The van der Waals surface area contributed by atoms with E-state index in [2.05, 4.69) is 231 Å². The van der Waals surface area contributed by atoms with Crippen LogP contribution in [0.5, 0.6) is 0 Å². The van der Waals surface area contributed by atoms with E-state index in [1.807, 2.05) is 0 Å². The third kappa shape index (κ3) is 5.56. The zero-order valence-corrected chi connectivity index (χ0v) is 34.1. The number of hydrogen-bond acceptors (Lipinski definition) is 2. The highest BCUT2D eigenvalue weighted by molar-refractivity contribution is 6.30. The molecule has 0 fully saturated rings. The summed E-state index contributed by atoms with van der Waals surface area (Å²) < 4.78 is 7.07. The van der Waals surface area contributed by atoms with Crippen LogP contribution in [-0.2, 0) is 5.41 Å². The van der Waals surface area contributed by atoms with Gasteiger partial charge >= 0.3 is 0 Å². The van der Waals surface area contributed by atoms with Crippen LogP contribution < -0.4 is 4.90 Å². The van der Waals surface area contributed by atoms with Gasteiger partial charge in [0, 0.05) is 44.6 Å². The Morgan fingerprint density at radius 1 is 0.361 bits per heavy atom. The van der Waals surface area contributed by atoms with E-state index in [0.717, 1.165) is 55.5 Å². The zero-order valence-electron chi connectivity index (χ0n) is 34.1. The lowest BCUT2D eigenvalue weighted by Crippen LogP contribution is -2.17. The maximum absolute atomic E-state index is 7.07. The summed E-state index contributed by atoms with van der Waals surface area (Å²) in [7, 11) is 0. The molecule has 2 heteroatoms. The third-order valence-corrected chi connectivity index (χ3v) is 13.1. The first-order valence-electron chi connectivity index (χ1n) is 21.2. The summed E-state index contributed by atoms with van der Waals surface area (Å²) in [5, 5.41) is 7.02. The second-order valence-corrected chi connectivity index (χ2v) is 16.9. The van der Waals surface area contributed by atoms with E-state index in [-0.39, 0.29) is 5.41 Å². The lowest BCUT2D eigenvalue weighted by molar-refractivity contribution is 0.660. The van der Waals surface area contributed by atoms with Crippen LogP contribution in [0.25, 0.3) is 88.0 Å². The van der Waals surface area contributed by atoms with Crippen molar-refractivity contribution in [2.75, 3.05) is 4.90 Å². The Bertz CT molecular complexity index is 3470. The van der Waals surface area contributed by atoms with Crippen molar-refractivity contribution in [2.45, 2.75) is 19.3 Å². The quantitative estimate of drug-likeness (QED) is 0.156. The predicted octanol–water partition coefficient (Wildman–Crippen LogP) is 16.7. The van der Waals surface area contributed by atoms with Gasteiger partial charge in [-0.3, -0.25) is 0 Å². The van der Waals surface area contributed by atoms with Gasteiger partial charge in [0.25, 0.3) is 0 Å². The molecule has 0 bridgehead atoms. The summed E-state index contributed by atoms with van der Waals surface area (Å²) in [6, 6.07) is 77.3. The molecule has 0 saturated carbocycles. The van der Waals surface area contributed by atoms with Crippen LogP contribution in [0.3, 0.4) is 0 Å². The molecule has 0 atom stereocenters. The molecule has 0 radical (unpaired) electrons. The second kappa shape index (κ2) is 13.7. The molecule has 0 saturated heterocycles. The molecule has 0 amide bonds. The first-order chi connectivity index (χ1) is 30.0. The van der Waals surface area contributed by atoms with Crippen molar-refractivity contribution in [3.8, 4) is 44.5 Å². The van der Waals surface area contributed by atoms with Gasteiger partial charge < -0.3 is 9.32 Å². The molecule has 1 heterocycles. The SMILES string of the molecule is CC1(C)c2ccccc2-c2ccc(N(c3ccc(-c4ccc(-c5ccccc5)cc4)cc3)c3cc4oc5c6ccccc6c6ccccc6c5c4cc3-c3ccccc3)cc21. The number of benzene rings is 10. The van der Waals surface area contributed by atoms with Gasteiger partial charge in [-0.25, -0.2) is 0 Å². The molecule has 12 rings (SSSR count). The molecule has 0 aliphatic heterocycles. The van der Waals surface area contributed by atoms with Gasteiger partial charge in [-0.2, -0.15) is 0 Å². The van der Waals surface area contributed by atoms with Gasteiger partial charge in [-0.15, -0.1) is 0 Å². The summed E-state index contributed by atoms with van der Waals surface area (Å²) in [6.07, 6.45) is 0. The number of anilines is 3. The van der Waals surface area contributed by atoms with Gasteiger partial charge in [-0.1, -0.05) is 190 Å². The zero-order chi connectivity index (χ0) is 40.7. The summed E-state index contributed by atoms with van der Waals surface area (Å²) in [5.74, 6) is 0. The molecular weight excluding hydrogens is 739 g/mol. The van der Waals surface area contributed by atoms with Gasteiger partial charge in [0.05, 0.1) is 5.69 Å². The van der Waals surface area contributed by atoms with E-state index < -0.39 is 0 Å². The topological polar surface area (TPSA) is 16.4 Å². The molecule has 0 spiro atoms. The van der Waals surface area contributed by atoms with Crippen molar-refractivity contribution >= 4 is 60.5 Å². The molecule has 11 aromatic rings. The minimum absolute atomic E-state index is 0.156. The first-order valence-corrected chi connectivity index (χ1v) is 21.2. The van der Waals surface area contributed by atoms with E-state index in [9.17, 15) is 0 Å². The van der Waals surface area contributed by atoms with Crippen LogP contribution >= 0.6 is 0 Å². The van der Waals surface area contributed by atoms with E-state index in [1.165, 1.54) is 60.7 Å². The molecular formula is C59H41NO. The highest BCUT2D eigenvalue weighted by Crippen LogP contribution is 2.52. The van der Waals surface area contributed by atoms with Crippen molar-refractivity contribution in [3.63, 3.8) is 0 Å². The lowest BCUT2D eigenvalue weighted by Gasteiger charge is -2.30. The number of nitrogens with zero attached hydrogens (tertiary/aromatic N) is 1. The smallest absolute Gasteiger partial charge is 0.143 e. The molecule has 2 nitrogen and oxygen atoms in total. The van der Waals surface area contributed by atoms with Crippen molar-refractivity contribution in [3.05, 3.63) is 223 Å². The van der Waals surface area contributed by atoms with Crippen molar-refractivity contribution in [2.24, 2.45) is 0 Å². The Morgan fingerprint density at radius 2 is 0.869 bits per heavy atom. The second-order valence-electron chi connectivity index (χ2n) is 16.9. The fourth-order valence-corrected chi connectivity index (χ4v) is 10.0. The molecule has 1 aliphatic rings. The Morgan fingerprint density at radius 3 is 1.56 bits per heavy atom. The van der Waals surface area contributed by atoms with Crippen LogP contribution in [-0.4, -0.2) is 0 Å². The summed E-state index contributed by atoms with van der Waals surface area (Å²) in [5.41, 5.74) is 17.2. The van der Waals surface area contributed by atoms with E-state index in [0.29, 0.717) is 0 Å². The van der Waals surface area contributed by atoms with Gasteiger partial charge in [0.2, 0.25) is 0 Å². The molecule has 61 heavy (non-hydrogen) atoms. The first kappa shape index (κ1) is 35.3. The van der Waals surface area contributed by atoms with E-state index in [4.69, 9.17) is 4.42 Å². The standard InChI is InChI=1S/C59H41NO/c1-59(2)53-24-14-13-21-47(53)48-34-33-44(35-54(48)59)60(43-31-29-41(30-32-43)40-27-25-39(26-28-40)38-15-5-3-6-16-38)55-37-56-52(36-51(55)42-17-7-4-8-18-42)57-49-22-11-9-19-45(49)46-20-10-12-23-50(46)58(57)61-56/h3-37H,1-2H3. The fraction of sp³-hybridized carbons (Fsp3) is 0.0508. The summed E-state index contributed by atoms with van der Waals surface area (Å²) in [4.78, 5) is 2.44. The average molecular weight is 780 g/mol. The van der Waals surface area contributed by atoms with E-state index in [1.54, 1.807) is 0 Å². The van der Waals surface area contributed by atoms with Gasteiger partial charge in [0.1, 0.15) is 11.2 Å². The molecule has 1 aliphatic carbocycles. The highest BCUT2D eigenvalue weighted by atomic mass is 16.3. The van der Waals surface area contributed by atoms with Crippen molar-refractivity contribution in [1.29, 1.82) is 0 Å². The predicted molar refractivity (Wildman–Crippen MR) is 257 cm³/mol. The highest BCUT2D eigenvalue weighted by Gasteiger charge is 2.36. The largest absolute Gasteiger partial charge is 0.455 e. The number of hydrogen-bond donors (Lipinski definition) is 0. The molecule has 0 unspecified atom stereocenters. The number of fused-ring (bicyclic) bond motifs is 11. The fourth-order valence-electron chi connectivity index (χ4n) is 10.0. The Hall–Kier alpha value is -7.68. The molecule has 288 valence electrons. The minimum atomic E-state index is -0.156. The van der Waals surface area contributed by atoms with Gasteiger partial charge in [0.15, 0.2) is 0 Å². The Kier molecular flexibility index (Phi) is 7.92. The molecule has 1 aromatic heterocycles. The monoisotopic (exact) mass is 779 g/mol. The van der Waals surface area contributed by atoms with Crippen molar-refractivity contribution < 1.29 is 4.42 Å². The van der Waals surface area contributed by atoms with E-state index >= 15 is 0 Å². The Labute approximate surface area is 355 Å². The van der Waals surface area contributed by atoms with Crippen LogP contribution in [0.4, 0.5) is 17.1 Å². The third-order valence-electron chi connectivity index (χ3n) is 13.1. The average Bonchev–Trinajstić information content (AvgIpc) is 3.81. The maximum Gasteiger partial charge on any atom is 0.143 e. The van der Waals surface area contributed by atoms with Crippen LogP contribution in [0, 0.1) is 0 Å². The maximum atomic E-state index is 7.07. The minimum Gasteiger partial charge on any atom is -0.455 e. The van der Waals surface area contributed by atoms with Crippen LogP contribution in [0.15, 0.2) is 217 Å². The number of furan rings is 1. The van der Waals surface area contributed by atoms with Gasteiger partial charge in [-0.05, 0) is 96.6 Å². The van der Waals surface area contributed by atoms with Crippen LogP contribution in [0.2, 0.25) is 0 Å². The molecule has 0 N–H and O–H groups in total.